The lowest BCUT2D eigenvalue weighted by Gasteiger charge is -2.30. The highest BCUT2D eigenvalue weighted by molar-refractivity contribution is 6.01. The Hall–Kier alpha value is -3.95. The molecule has 0 aliphatic carbocycles. The molecule has 0 aromatic heterocycles. The summed E-state index contributed by atoms with van der Waals surface area (Å²) in [5.74, 6) is -0.782. The number of benzene rings is 2. The molecule has 1 aliphatic rings. The van der Waals surface area contributed by atoms with Gasteiger partial charge in [-0.1, -0.05) is 47.6 Å². The number of carbonyl (C=O) groups excluding carboxylic acids is 1. The molecule has 0 fully saturated rings. The zero-order valence-electron chi connectivity index (χ0n) is 14.4. The fourth-order valence-corrected chi connectivity index (χ4v) is 3.07. The average molecular weight is 361 g/mol. The largest absolute Gasteiger partial charge is 0.493 e. The maximum Gasteiger partial charge on any atom is 0.205 e. The van der Waals surface area contributed by atoms with Crippen LogP contribution in [0.3, 0.4) is 0 Å². The molecule has 2 aromatic carbocycles. The van der Waals surface area contributed by atoms with Crippen LogP contribution in [0.2, 0.25) is 0 Å². The molecule has 2 unspecified atom stereocenters. The van der Waals surface area contributed by atoms with Crippen molar-refractivity contribution in [3.05, 3.63) is 81.6 Å². The first-order valence-electron chi connectivity index (χ1n) is 8.00. The lowest BCUT2D eigenvalue weighted by Crippen LogP contribution is -2.32. The van der Waals surface area contributed by atoms with Gasteiger partial charge in [0.15, 0.2) is 17.3 Å². The zero-order chi connectivity index (χ0) is 19.4. The van der Waals surface area contributed by atoms with E-state index in [4.69, 9.17) is 20.7 Å². The van der Waals surface area contributed by atoms with Crippen LogP contribution >= 0.6 is 0 Å². The normalized spacial score (nSPS) is 16.2. The highest BCUT2D eigenvalue weighted by Crippen LogP contribution is 2.45. The highest BCUT2D eigenvalue weighted by Gasteiger charge is 2.39. The minimum absolute atomic E-state index is 0.0254. The van der Waals surface area contributed by atoms with Gasteiger partial charge in [-0.15, -0.1) is 0 Å². The Kier molecular flexibility index (Phi) is 4.97. The van der Waals surface area contributed by atoms with Crippen molar-refractivity contribution < 1.29 is 14.3 Å². The Labute approximate surface area is 155 Å². The summed E-state index contributed by atoms with van der Waals surface area (Å²) in [6, 6.07) is 14.2. The van der Waals surface area contributed by atoms with Crippen LogP contribution in [0.5, 0.6) is 11.5 Å². The molecule has 1 heterocycles. The van der Waals surface area contributed by atoms with E-state index < -0.39 is 17.7 Å². The summed E-state index contributed by atoms with van der Waals surface area (Å²) < 4.78 is 10.9. The fraction of sp³-hybridized carbons (Fsp3) is 0.158. The highest BCUT2D eigenvalue weighted by atomic mass is 16.5. The molecule has 2 atom stereocenters. The van der Waals surface area contributed by atoms with Gasteiger partial charge in [-0.25, -0.2) is 0 Å². The van der Waals surface area contributed by atoms with Crippen LogP contribution in [0.1, 0.15) is 21.8 Å². The molecule has 0 spiro atoms. The van der Waals surface area contributed by atoms with Crippen LogP contribution in [-0.4, -0.2) is 18.9 Å². The molecule has 0 radical (unpaired) electrons. The zero-order valence-corrected chi connectivity index (χ0v) is 14.4. The Morgan fingerprint density at radius 1 is 1.33 bits per heavy atom. The molecule has 1 aliphatic heterocycles. The van der Waals surface area contributed by atoms with Gasteiger partial charge in [0.1, 0.15) is 12.1 Å². The lowest BCUT2D eigenvalue weighted by molar-refractivity contribution is 0.0952. The topological polar surface area (TPSA) is 134 Å². The fourth-order valence-electron chi connectivity index (χ4n) is 3.07. The quantitative estimate of drug-likeness (QED) is 0.377. The van der Waals surface area contributed by atoms with Gasteiger partial charge in [0, 0.05) is 22.0 Å². The van der Waals surface area contributed by atoms with Crippen molar-refractivity contribution in [2.45, 2.75) is 12.0 Å². The van der Waals surface area contributed by atoms with E-state index in [0.29, 0.717) is 22.6 Å². The summed E-state index contributed by atoms with van der Waals surface area (Å²) in [5.41, 5.74) is 15.9. The third kappa shape index (κ3) is 3.15. The summed E-state index contributed by atoms with van der Waals surface area (Å²) in [6.45, 7) is 0. The molecule has 0 saturated carbocycles. The molecule has 2 N–H and O–H groups in total. The Balaban J connectivity index is 2.21. The van der Waals surface area contributed by atoms with Gasteiger partial charge in [-0.05, 0) is 11.6 Å². The predicted molar refractivity (Wildman–Crippen MR) is 96.9 cm³/mol. The van der Waals surface area contributed by atoms with Gasteiger partial charge >= 0.3 is 0 Å². The maximum absolute atomic E-state index is 13.1. The Bertz CT molecular complexity index is 1000. The molecule has 3 rings (SSSR count). The van der Waals surface area contributed by atoms with E-state index >= 15 is 0 Å². The number of Topliss-reactive ketones (excluding diaryl/α,β-unsaturated/α-hetero) is 1. The molecule has 8 heteroatoms. The van der Waals surface area contributed by atoms with Crippen molar-refractivity contribution >= 4 is 5.78 Å². The first kappa shape index (κ1) is 17.9. The van der Waals surface area contributed by atoms with E-state index in [9.17, 15) is 10.1 Å². The predicted octanol–water partition coefficient (Wildman–Crippen LogP) is 3.43. The Morgan fingerprint density at radius 3 is 2.70 bits per heavy atom. The summed E-state index contributed by atoms with van der Waals surface area (Å²) in [5, 5.41) is 13.3. The van der Waals surface area contributed by atoms with Gasteiger partial charge in [-0.2, -0.15) is 5.26 Å². The number of hydrogen-bond acceptors (Lipinski definition) is 6. The number of carbonyl (C=O) groups is 1. The van der Waals surface area contributed by atoms with Crippen LogP contribution in [0.4, 0.5) is 0 Å². The number of fused-ring (bicyclic) bond motifs is 1. The summed E-state index contributed by atoms with van der Waals surface area (Å²) >= 11 is 0. The SMILES string of the molecule is COc1cccc2c1OC(N)=C(C#N)C2C(N=[N+]=[N-])C(=O)c1ccccc1. The van der Waals surface area contributed by atoms with Crippen LogP contribution in [-0.2, 0) is 0 Å². The summed E-state index contributed by atoms with van der Waals surface area (Å²) in [6.07, 6.45) is 0. The van der Waals surface area contributed by atoms with Gasteiger partial charge in [0.25, 0.3) is 0 Å². The molecule has 8 nitrogen and oxygen atoms in total. The molecular formula is C19H15N5O3. The van der Waals surface area contributed by atoms with E-state index in [0.717, 1.165) is 0 Å². The van der Waals surface area contributed by atoms with Crippen LogP contribution in [0.15, 0.2) is 65.1 Å². The van der Waals surface area contributed by atoms with Gasteiger partial charge in [-0.3, -0.25) is 4.79 Å². The molecule has 27 heavy (non-hydrogen) atoms. The molecule has 0 saturated heterocycles. The van der Waals surface area contributed by atoms with Gasteiger partial charge < -0.3 is 15.2 Å². The van der Waals surface area contributed by atoms with Crippen LogP contribution in [0, 0.1) is 11.3 Å². The van der Waals surface area contributed by atoms with Gasteiger partial charge in [0.05, 0.1) is 12.7 Å². The average Bonchev–Trinajstić information content (AvgIpc) is 2.71. The summed E-state index contributed by atoms with van der Waals surface area (Å²) in [4.78, 5) is 15.9. The van der Waals surface area contributed by atoms with Gasteiger partial charge in [0.2, 0.25) is 5.88 Å². The van der Waals surface area contributed by atoms with E-state index in [1.165, 1.54) is 7.11 Å². The molecule has 2 aromatic rings. The monoisotopic (exact) mass is 361 g/mol. The second-order valence-electron chi connectivity index (χ2n) is 5.73. The smallest absolute Gasteiger partial charge is 0.205 e. The number of methoxy groups -OCH3 is 1. The van der Waals surface area contributed by atoms with E-state index in [2.05, 4.69) is 10.0 Å². The van der Waals surface area contributed by atoms with Crippen molar-refractivity contribution in [2.24, 2.45) is 10.8 Å². The van der Waals surface area contributed by atoms with Crippen molar-refractivity contribution in [3.8, 4) is 17.6 Å². The molecule has 0 amide bonds. The number of rotatable bonds is 5. The van der Waals surface area contributed by atoms with Crippen molar-refractivity contribution in [1.82, 2.24) is 0 Å². The van der Waals surface area contributed by atoms with E-state index in [-0.39, 0.29) is 11.5 Å². The number of nitrogens with two attached hydrogens (primary N) is 1. The van der Waals surface area contributed by atoms with Crippen molar-refractivity contribution in [1.29, 1.82) is 5.26 Å². The standard InChI is InChI=1S/C19H15N5O3/c1-26-14-9-5-8-12-15(13(10-20)19(21)27-18(12)14)16(23-24-22)17(25)11-6-3-2-4-7-11/h2-9,15-16H,21H2,1H3. The molecule has 134 valence electrons. The Morgan fingerprint density at radius 2 is 2.07 bits per heavy atom. The van der Waals surface area contributed by atoms with Crippen LogP contribution < -0.4 is 15.2 Å². The van der Waals surface area contributed by atoms with Crippen LogP contribution in [0.25, 0.3) is 10.4 Å². The number of para-hydroxylation sites is 1. The number of nitrogens with zero attached hydrogens (tertiary/aromatic N) is 4. The van der Waals surface area contributed by atoms with Crippen molar-refractivity contribution in [3.63, 3.8) is 0 Å². The number of hydrogen-bond donors (Lipinski definition) is 1. The molecular weight excluding hydrogens is 346 g/mol. The minimum Gasteiger partial charge on any atom is -0.493 e. The summed E-state index contributed by atoms with van der Waals surface area (Å²) in [7, 11) is 1.47. The third-order valence-electron chi connectivity index (χ3n) is 4.29. The third-order valence-corrected chi connectivity index (χ3v) is 4.29. The molecule has 0 bridgehead atoms. The van der Waals surface area contributed by atoms with E-state index in [1.807, 2.05) is 6.07 Å². The minimum atomic E-state index is -1.21. The first-order chi connectivity index (χ1) is 13.1. The second-order valence-corrected chi connectivity index (χ2v) is 5.73. The maximum atomic E-state index is 13.1. The number of nitriles is 1. The number of ketones is 1. The first-order valence-corrected chi connectivity index (χ1v) is 8.00. The number of azide groups is 1. The second kappa shape index (κ2) is 7.52. The van der Waals surface area contributed by atoms with E-state index in [1.54, 1.807) is 48.5 Å². The number of ether oxygens (including phenoxy) is 2. The lowest BCUT2D eigenvalue weighted by atomic mass is 9.80. The van der Waals surface area contributed by atoms with Crippen molar-refractivity contribution in [2.75, 3.05) is 7.11 Å².